The van der Waals surface area contributed by atoms with Crippen molar-refractivity contribution in [2.45, 2.75) is 44.0 Å². The highest BCUT2D eigenvalue weighted by Crippen LogP contribution is 2.30. The molecule has 0 aromatic heterocycles. The molecule has 106 valence electrons. The molecule has 2 N–H and O–H groups in total. The summed E-state index contributed by atoms with van der Waals surface area (Å²) in [6, 6.07) is 5.21. The van der Waals surface area contributed by atoms with E-state index < -0.39 is 11.7 Å². The summed E-state index contributed by atoms with van der Waals surface area (Å²) in [4.78, 5) is 0. The highest BCUT2D eigenvalue weighted by atomic mass is 19.4. The summed E-state index contributed by atoms with van der Waals surface area (Å²) in [7, 11) is 0. The summed E-state index contributed by atoms with van der Waals surface area (Å²) in [5, 5.41) is 0. The number of alkyl halides is 3. The number of halogens is 3. The van der Waals surface area contributed by atoms with Crippen molar-refractivity contribution in [1.82, 2.24) is 0 Å². The number of ether oxygens (including phenoxy) is 1. The third-order valence-electron chi connectivity index (χ3n) is 3.51. The van der Waals surface area contributed by atoms with Gasteiger partial charge in [-0.3, -0.25) is 0 Å². The van der Waals surface area contributed by atoms with Crippen LogP contribution in [0, 0.1) is 0 Å². The van der Waals surface area contributed by atoms with Crippen molar-refractivity contribution in [1.29, 1.82) is 0 Å². The fraction of sp³-hybridized carbons (Fsp3) is 0.571. The van der Waals surface area contributed by atoms with Gasteiger partial charge >= 0.3 is 6.18 Å². The molecule has 0 bridgehead atoms. The van der Waals surface area contributed by atoms with Gasteiger partial charge in [0.2, 0.25) is 0 Å². The van der Waals surface area contributed by atoms with Gasteiger partial charge in [0.05, 0.1) is 18.8 Å². The van der Waals surface area contributed by atoms with Gasteiger partial charge in [-0.15, -0.1) is 0 Å². The predicted octanol–water partition coefficient (Wildman–Crippen LogP) is 3.49. The summed E-state index contributed by atoms with van der Waals surface area (Å²) in [6.07, 6.45) is -0.255. The molecule has 0 radical (unpaired) electrons. The Morgan fingerprint density at radius 2 is 1.89 bits per heavy atom. The lowest BCUT2D eigenvalue weighted by Crippen LogP contribution is -2.41. The van der Waals surface area contributed by atoms with Crippen LogP contribution in [0.5, 0.6) is 0 Å². The highest BCUT2D eigenvalue weighted by molar-refractivity contribution is 5.25. The second kappa shape index (κ2) is 5.51. The molecule has 2 rings (SSSR count). The van der Waals surface area contributed by atoms with Crippen molar-refractivity contribution in [3.8, 4) is 0 Å². The van der Waals surface area contributed by atoms with Crippen molar-refractivity contribution in [3.63, 3.8) is 0 Å². The topological polar surface area (TPSA) is 35.2 Å². The molecule has 0 saturated heterocycles. The van der Waals surface area contributed by atoms with E-state index in [4.69, 9.17) is 10.5 Å². The van der Waals surface area contributed by atoms with E-state index >= 15 is 0 Å². The van der Waals surface area contributed by atoms with E-state index in [9.17, 15) is 13.2 Å². The van der Waals surface area contributed by atoms with Crippen molar-refractivity contribution in [3.05, 3.63) is 35.4 Å². The maximum Gasteiger partial charge on any atom is 0.416 e. The zero-order chi connectivity index (χ0) is 13.9. The Hall–Kier alpha value is -1.07. The lowest BCUT2D eigenvalue weighted by atomic mass is 10.0. The number of hydrogen-bond acceptors (Lipinski definition) is 2. The van der Waals surface area contributed by atoms with Gasteiger partial charge in [0, 0.05) is 5.54 Å². The molecule has 1 fully saturated rings. The molecule has 0 heterocycles. The van der Waals surface area contributed by atoms with Crippen LogP contribution in [0.15, 0.2) is 24.3 Å². The van der Waals surface area contributed by atoms with Crippen LogP contribution in [-0.4, -0.2) is 12.1 Å². The van der Waals surface area contributed by atoms with Crippen LogP contribution in [0.3, 0.4) is 0 Å². The van der Waals surface area contributed by atoms with E-state index in [1.807, 2.05) is 0 Å². The Bertz CT molecular complexity index is 425. The van der Waals surface area contributed by atoms with Crippen LogP contribution >= 0.6 is 0 Å². The van der Waals surface area contributed by atoms with E-state index in [1.54, 1.807) is 6.07 Å². The van der Waals surface area contributed by atoms with Crippen LogP contribution in [0.25, 0.3) is 0 Å². The molecule has 1 saturated carbocycles. The highest BCUT2D eigenvalue weighted by Gasteiger charge is 2.31. The first kappa shape index (κ1) is 14.3. The molecule has 0 aliphatic heterocycles. The molecular weight excluding hydrogens is 255 g/mol. The summed E-state index contributed by atoms with van der Waals surface area (Å²) < 4.78 is 43.1. The van der Waals surface area contributed by atoms with Gasteiger partial charge in [-0.2, -0.15) is 13.2 Å². The van der Waals surface area contributed by atoms with E-state index in [2.05, 4.69) is 0 Å². The molecule has 1 aromatic carbocycles. The van der Waals surface area contributed by atoms with Gasteiger partial charge < -0.3 is 10.5 Å². The van der Waals surface area contributed by atoms with Crippen LogP contribution in [-0.2, 0) is 17.5 Å². The third kappa shape index (κ3) is 3.94. The molecule has 0 atom stereocenters. The average molecular weight is 273 g/mol. The van der Waals surface area contributed by atoms with Gasteiger partial charge in [0.15, 0.2) is 0 Å². The first-order valence-electron chi connectivity index (χ1n) is 6.42. The van der Waals surface area contributed by atoms with E-state index in [0.29, 0.717) is 12.2 Å². The van der Waals surface area contributed by atoms with Crippen LogP contribution in [0.1, 0.15) is 36.8 Å². The Morgan fingerprint density at radius 1 is 1.21 bits per heavy atom. The Kier molecular flexibility index (Phi) is 4.16. The van der Waals surface area contributed by atoms with Gasteiger partial charge in [-0.25, -0.2) is 0 Å². The molecule has 1 aliphatic carbocycles. The van der Waals surface area contributed by atoms with E-state index in [1.165, 1.54) is 6.07 Å². The van der Waals surface area contributed by atoms with Crippen molar-refractivity contribution < 1.29 is 17.9 Å². The van der Waals surface area contributed by atoms with Crippen molar-refractivity contribution in [2.75, 3.05) is 6.61 Å². The SMILES string of the molecule is NC1(COCc2cccc(C(F)(F)F)c2)CCCC1. The quantitative estimate of drug-likeness (QED) is 0.911. The monoisotopic (exact) mass is 273 g/mol. The number of hydrogen-bond donors (Lipinski definition) is 1. The second-order valence-electron chi connectivity index (χ2n) is 5.26. The number of benzene rings is 1. The second-order valence-corrected chi connectivity index (χ2v) is 5.26. The minimum Gasteiger partial charge on any atom is -0.375 e. The molecule has 0 amide bonds. The van der Waals surface area contributed by atoms with Crippen molar-refractivity contribution in [2.24, 2.45) is 5.73 Å². The first-order chi connectivity index (χ1) is 8.89. The molecule has 0 spiro atoms. The van der Waals surface area contributed by atoms with Crippen LogP contribution in [0.2, 0.25) is 0 Å². The Balaban J connectivity index is 1.89. The molecular formula is C14H18F3NO. The molecule has 0 unspecified atom stereocenters. The third-order valence-corrected chi connectivity index (χ3v) is 3.51. The minimum atomic E-state index is -4.31. The largest absolute Gasteiger partial charge is 0.416 e. The van der Waals surface area contributed by atoms with Crippen LogP contribution in [0.4, 0.5) is 13.2 Å². The standard InChI is InChI=1S/C14H18F3NO/c15-14(16,17)12-5-3-4-11(8-12)9-19-10-13(18)6-1-2-7-13/h3-5,8H,1-2,6-7,9-10,18H2. The normalized spacial score (nSPS) is 18.7. The van der Waals surface area contributed by atoms with Crippen molar-refractivity contribution >= 4 is 0 Å². The number of rotatable bonds is 4. The zero-order valence-electron chi connectivity index (χ0n) is 10.7. The van der Waals surface area contributed by atoms with Crippen LogP contribution < -0.4 is 5.73 Å². The smallest absolute Gasteiger partial charge is 0.375 e. The maximum absolute atomic E-state index is 12.5. The summed E-state index contributed by atoms with van der Waals surface area (Å²) in [5.41, 5.74) is 5.71. The average Bonchev–Trinajstić information content (AvgIpc) is 2.76. The molecule has 1 aromatic rings. The maximum atomic E-state index is 12.5. The van der Waals surface area contributed by atoms with Gasteiger partial charge in [0.1, 0.15) is 0 Å². The fourth-order valence-electron chi connectivity index (χ4n) is 2.43. The lowest BCUT2D eigenvalue weighted by Gasteiger charge is -2.23. The van der Waals surface area contributed by atoms with Gasteiger partial charge in [-0.1, -0.05) is 25.0 Å². The first-order valence-corrected chi connectivity index (χ1v) is 6.42. The minimum absolute atomic E-state index is 0.170. The fourth-order valence-corrected chi connectivity index (χ4v) is 2.43. The lowest BCUT2D eigenvalue weighted by molar-refractivity contribution is -0.137. The van der Waals surface area contributed by atoms with Gasteiger partial charge in [0.25, 0.3) is 0 Å². The predicted molar refractivity (Wildman–Crippen MR) is 66.5 cm³/mol. The van der Waals surface area contributed by atoms with E-state index in [0.717, 1.165) is 37.8 Å². The van der Waals surface area contributed by atoms with Gasteiger partial charge in [-0.05, 0) is 30.5 Å². The molecule has 1 aliphatic rings. The zero-order valence-corrected chi connectivity index (χ0v) is 10.7. The Morgan fingerprint density at radius 3 is 2.53 bits per heavy atom. The summed E-state index contributed by atoms with van der Waals surface area (Å²) in [6.45, 7) is 0.576. The summed E-state index contributed by atoms with van der Waals surface area (Å²) >= 11 is 0. The molecule has 2 nitrogen and oxygen atoms in total. The number of nitrogens with two attached hydrogens (primary N) is 1. The summed E-state index contributed by atoms with van der Waals surface area (Å²) in [5.74, 6) is 0. The van der Waals surface area contributed by atoms with E-state index in [-0.39, 0.29) is 12.1 Å². The molecule has 5 heteroatoms. The Labute approximate surface area is 110 Å². The molecule has 19 heavy (non-hydrogen) atoms.